The van der Waals surface area contributed by atoms with E-state index in [9.17, 15) is 4.39 Å². The van der Waals surface area contributed by atoms with Gasteiger partial charge in [-0.3, -0.25) is 0 Å². The zero-order chi connectivity index (χ0) is 8.97. The number of benzene rings is 1. The first-order chi connectivity index (χ1) is 5.75. The molecule has 0 fully saturated rings. The minimum Gasteiger partial charge on any atom is -0.207 e. The second-order valence-electron chi connectivity index (χ2n) is 2.78. The smallest absolute Gasteiger partial charge is 0.127 e. The highest BCUT2D eigenvalue weighted by atomic mass is 79.9. The van der Waals surface area contributed by atoms with Crippen molar-refractivity contribution >= 4 is 15.9 Å². The van der Waals surface area contributed by atoms with Crippen molar-refractivity contribution in [1.29, 1.82) is 0 Å². The van der Waals surface area contributed by atoms with Gasteiger partial charge in [0.15, 0.2) is 0 Å². The molecule has 1 unspecified atom stereocenters. The molecular weight excluding hydrogens is 219 g/mol. The van der Waals surface area contributed by atoms with Crippen LogP contribution in [0.1, 0.15) is 30.2 Å². The topological polar surface area (TPSA) is 0 Å². The first-order valence-corrected chi connectivity index (χ1v) is 5.05. The number of hydrogen-bond acceptors (Lipinski definition) is 0. The third kappa shape index (κ3) is 2.31. The summed E-state index contributed by atoms with van der Waals surface area (Å²) in [6, 6.07) is 6.90. The van der Waals surface area contributed by atoms with Crippen LogP contribution in [0.4, 0.5) is 4.39 Å². The predicted molar refractivity (Wildman–Crippen MR) is 53.0 cm³/mol. The van der Waals surface area contributed by atoms with E-state index in [-0.39, 0.29) is 10.6 Å². The number of halogens is 2. The summed E-state index contributed by atoms with van der Waals surface area (Å²) < 4.78 is 13.1. The van der Waals surface area contributed by atoms with E-state index < -0.39 is 0 Å². The summed E-state index contributed by atoms with van der Waals surface area (Å²) in [7, 11) is 0. The predicted octanol–water partition coefficient (Wildman–Crippen LogP) is 4.06. The van der Waals surface area contributed by atoms with Crippen molar-refractivity contribution in [3.05, 3.63) is 35.6 Å². The number of hydrogen-bond donors (Lipinski definition) is 0. The van der Waals surface area contributed by atoms with Crippen LogP contribution < -0.4 is 0 Å². The van der Waals surface area contributed by atoms with Crippen LogP contribution in [0.25, 0.3) is 0 Å². The Bertz CT molecular complexity index is 247. The molecule has 0 saturated carbocycles. The molecule has 12 heavy (non-hydrogen) atoms. The Morgan fingerprint density at radius 2 is 2.08 bits per heavy atom. The summed E-state index contributed by atoms with van der Waals surface area (Å²) in [6.45, 7) is 2.09. The molecule has 0 amide bonds. The third-order valence-corrected chi connectivity index (χ3v) is 2.74. The molecule has 0 saturated heterocycles. The monoisotopic (exact) mass is 230 g/mol. The van der Waals surface area contributed by atoms with Crippen LogP contribution in [0.2, 0.25) is 0 Å². The molecule has 0 aromatic heterocycles. The molecule has 1 aromatic rings. The zero-order valence-corrected chi connectivity index (χ0v) is 8.64. The summed E-state index contributed by atoms with van der Waals surface area (Å²) in [5, 5.41) is 0. The van der Waals surface area contributed by atoms with E-state index in [1.165, 1.54) is 6.07 Å². The molecule has 0 radical (unpaired) electrons. The Hall–Kier alpha value is -0.370. The van der Waals surface area contributed by atoms with Crippen molar-refractivity contribution in [3.63, 3.8) is 0 Å². The van der Waals surface area contributed by atoms with Crippen LogP contribution in [0, 0.1) is 5.82 Å². The van der Waals surface area contributed by atoms with Crippen molar-refractivity contribution in [2.75, 3.05) is 0 Å². The highest BCUT2D eigenvalue weighted by Crippen LogP contribution is 2.29. The van der Waals surface area contributed by atoms with Gasteiger partial charge in [0, 0.05) is 10.4 Å². The molecule has 2 heteroatoms. The van der Waals surface area contributed by atoms with E-state index in [0.29, 0.717) is 0 Å². The molecule has 0 heterocycles. The van der Waals surface area contributed by atoms with Crippen molar-refractivity contribution in [1.82, 2.24) is 0 Å². The fraction of sp³-hybridized carbons (Fsp3) is 0.400. The fourth-order valence-electron chi connectivity index (χ4n) is 1.14. The van der Waals surface area contributed by atoms with E-state index >= 15 is 0 Å². The molecule has 0 aliphatic carbocycles. The summed E-state index contributed by atoms with van der Waals surface area (Å²) in [6.07, 6.45) is 2.03. The maximum Gasteiger partial charge on any atom is 0.127 e. The van der Waals surface area contributed by atoms with Gasteiger partial charge >= 0.3 is 0 Å². The average molecular weight is 231 g/mol. The minimum atomic E-state index is -0.118. The largest absolute Gasteiger partial charge is 0.207 e. The first-order valence-electron chi connectivity index (χ1n) is 4.14. The highest BCUT2D eigenvalue weighted by Gasteiger charge is 2.09. The SMILES string of the molecule is CCCC(Br)c1ccccc1F. The molecule has 0 aliphatic heterocycles. The van der Waals surface area contributed by atoms with Crippen LogP contribution in [0.3, 0.4) is 0 Å². The molecule has 0 bridgehead atoms. The van der Waals surface area contributed by atoms with Crippen LogP contribution in [0.15, 0.2) is 24.3 Å². The lowest BCUT2D eigenvalue weighted by atomic mass is 10.1. The van der Waals surface area contributed by atoms with Crippen molar-refractivity contribution in [2.45, 2.75) is 24.6 Å². The molecule has 66 valence electrons. The quantitative estimate of drug-likeness (QED) is 0.688. The van der Waals surface area contributed by atoms with Gasteiger partial charge in [-0.2, -0.15) is 0 Å². The molecule has 1 atom stereocenters. The molecule has 0 aliphatic rings. The molecule has 0 nitrogen and oxygen atoms in total. The van der Waals surface area contributed by atoms with E-state index in [0.717, 1.165) is 18.4 Å². The third-order valence-electron chi connectivity index (χ3n) is 1.78. The maximum absolute atomic E-state index is 13.1. The molecule has 0 N–H and O–H groups in total. The summed E-state index contributed by atoms with van der Waals surface area (Å²) in [5.74, 6) is -0.118. The fourth-order valence-corrected chi connectivity index (χ4v) is 1.97. The minimum absolute atomic E-state index is 0.118. The Morgan fingerprint density at radius 1 is 1.42 bits per heavy atom. The van der Waals surface area contributed by atoms with E-state index in [2.05, 4.69) is 22.9 Å². The van der Waals surface area contributed by atoms with Gasteiger partial charge in [-0.1, -0.05) is 47.5 Å². The second kappa shape index (κ2) is 4.61. The molecule has 1 aromatic carbocycles. The zero-order valence-electron chi connectivity index (χ0n) is 7.06. The Kier molecular flexibility index (Phi) is 3.73. The summed E-state index contributed by atoms with van der Waals surface area (Å²) in [5.41, 5.74) is 0.763. The lowest BCUT2D eigenvalue weighted by molar-refractivity contribution is 0.602. The summed E-state index contributed by atoms with van der Waals surface area (Å²) >= 11 is 3.46. The van der Waals surface area contributed by atoms with E-state index in [4.69, 9.17) is 0 Å². The lowest BCUT2D eigenvalue weighted by Gasteiger charge is -2.08. The average Bonchev–Trinajstić information content (AvgIpc) is 2.05. The van der Waals surface area contributed by atoms with Gasteiger partial charge < -0.3 is 0 Å². The van der Waals surface area contributed by atoms with Gasteiger partial charge in [-0.15, -0.1) is 0 Å². The normalized spacial score (nSPS) is 12.9. The molecule has 0 spiro atoms. The Labute approximate surface area is 80.9 Å². The van der Waals surface area contributed by atoms with E-state index in [1.54, 1.807) is 6.07 Å². The Morgan fingerprint density at radius 3 is 2.67 bits per heavy atom. The van der Waals surface area contributed by atoms with Crippen LogP contribution in [-0.4, -0.2) is 0 Å². The maximum atomic E-state index is 13.1. The van der Waals surface area contributed by atoms with Crippen molar-refractivity contribution in [3.8, 4) is 0 Å². The van der Waals surface area contributed by atoms with Gasteiger partial charge in [-0.25, -0.2) is 4.39 Å². The van der Waals surface area contributed by atoms with Crippen LogP contribution in [-0.2, 0) is 0 Å². The van der Waals surface area contributed by atoms with Crippen LogP contribution in [0.5, 0.6) is 0 Å². The standard InChI is InChI=1S/C10H12BrF/c1-2-5-9(11)8-6-3-4-7-10(8)12/h3-4,6-7,9H,2,5H2,1H3. The van der Waals surface area contributed by atoms with Gasteiger partial charge in [0.2, 0.25) is 0 Å². The lowest BCUT2D eigenvalue weighted by Crippen LogP contribution is -1.92. The van der Waals surface area contributed by atoms with Gasteiger partial charge in [0.1, 0.15) is 5.82 Å². The highest BCUT2D eigenvalue weighted by molar-refractivity contribution is 9.09. The van der Waals surface area contributed by atoms with Gasteiger partial charge in [-0.05, 0) is 12.5 Å². The van der Waals surface area contributed by atoms with Crippen LogP contribution >= 0.6 is 15.9 Å². The summed E-state index contributed by atoms with van der Waals surface area (Å²) in [4.78, 5) is 0.156. The van der Waals surface area contributed by atoms with Gasteiger partial charge in [0.25, 0.3) is 0 Å². The Balaban J connectivity index is 2.79. The van der Waals surface area contributed by atoms with Gasteiger partial charge in [0.05, 0.1) is 0 Å². The molecular formula is C10H12BrF. The van der Waals surface area contributed by atoms with E-state index in [1.807, 2.05) is 12.1 Å². The number of alkyl halides is 1. The molecule has 1 rings (SSSR count). The number of rotatable bonds is 3. The van der Waals surface area contributed by atoms with Crippen molar-refractivity contribution in [2.24, 2.45) is 0 Å². The van der Waals surface area contributed by atoms with Crippen molar-refractivity contribution < 1.29 is 4.39 Å². The second-order valence-corrected chi connectivity index (χ2v) is 3.88. The first kappa shape index (κ1) is 9.72.